The first kappa shape index (κ1) is 14.7. The smallest absolute Gasteiger partial charge is 0.0441 e. The molecule has 0 amide bonds. The molecule has 0 aliphatic rings. The summed E-state index contributed by atoms with van der Waals surface area (Å²) in [7, 11) is -0.766. The molecule has 1 rings (SSSR count). The highest BCUT2D eigenvalue weighted by molar-refractivity contribution is 7.84. The summed E-state index contributed by atoms with van der Waals surface area (Å²) >= 11 is 5.99. The number of rotatable bonds is 5. The third kappa shape index (κ3) is 4.41. The van der Waals surface area contributed by atoms with Gasteiger partial charge in [-0.25, -0.2) is 0 Å². The highest BCUT2D eigenvalue weighted by Crippen LogP contribution is 2.19. The SMILES string of the molecule is Cc1cc(Cl)cc(C)c1CNC[C@@H](C)[S@](C)=O. The molecular formula is C13H20ClNOS. The van der Waals surface area contributed by atoms with Crippen molar-refractivity contribution < 1.29 is 4.21 Å². The third-order valence-electron chi connectivity index (χ3n) is 2.96. The number of nitrogens with one attached hydrogen (secondary N) is 1. The average Bonchev–Trinajstić information content (AvgIpc) is 2.21. The Morgan fingerprint density at radius 3 is 2.35 bits per heavy atom. The van der Waals surface area contributed by atoms with Gasteiger partial charge in [0.05, 0.1) is 0 Å². The van der Waals surface area contributed by atoms with Crippen LogP contribution in [0.15, 0.2) is 12.1 Å². The topological polar surface area (TPSA) is 29.1 Å². The van der Waals surface area contributed by atoms with Gasteiger partial charge in [0.25, 0.3) is 0 Å². The molecule has 1 aromatic carbocycles. The van der Waals surface area contributed by atoms with Crippen LogP contribution in [0.25, 0.3) is 0 Å². The molecule has 0 aromatic heterocycles. The molecular weight excluding hydrogens is 254 g/mol. The van der Waals surface area contributed by atoms with Crippen molar-refractivity contribution in [3.63, 3.8) is 0 Å². The minimum absolute atomic E-state index is 0.183. The first-order valence-corrected chi connectivity index (χ1v) is 7.70. The number of aryl methyl sites for hydroxylation is 2. The van der Waals surface area contributed by atoms with Gasteiger partial charge in [0.1, 0.15) is 0 Å². The summed E-state index contributed by atoms with van der Waals surface area (Å²) in [5.74, 6) is 0. The Bertz CT molecular complexity index is 397. The van der Waals surface area contributed by atoms with Gasteiger partial charge in [-0.15, -0.1) is 0 Å². The standard InChI is InChI=1S/C13H20ClNOS/c1-9-5-12(14)6-10(2)13(9)8-15-7-11(3)17(4)16/h5-6,11,15H,7-8H2,1-4H3/t11-,17+/m1/s1. The van der Waals surface area contributed by atoms with Crippen molar-refractivity contribution in [3.05, 3.63) is 33.8 Å². The molecule has 1 N–H and O–H groups in total. The Labute approximate surface area is 111 Å². The molecule has 17 heavy (non-hydrogen) atoms. The summed E-state index contributed by atoms with van der Waals surface area (Å²) in [6.07, 6.45) is 1.74. The molecule has 0 unspecified atom stereocenters. The van der Waals surface area contributed by atoms with E-state index in [-0.39, 0.29) is 5.25 Å². The Hall–Kier alpha value is -0.380. The van der Waals surface area contributed by atoms with Crippen molar-refractivity contribution in [3.8, 4) is 0 Å². The predicted molar refractivity (Wildman–Crippen MR) is 76.2 cm³/mol. The largest absolute Gasteiger partial charge is 0.311 e. The molecule has 0 radical (unpaired) electrons. The molecule has 96 valence electrons. The molecule has 4 heteroatoms. The van der Waals surface area contributed by atoms with E-state index in [1.165, 1.54) is 16.7 Å². The molecule has 0 heterocycles. The minimum atomic E-state index is -0.766. The molecule has 1 aromatic rings. The number of halogens is 1. The first-order chi connectivity index (χ1) is 7.91. The lowest BCUT2D eigenvalue weighted by Gasteiger charge is -2.14. The number of hydrogen-bond donors (Lipinski definition) is 1. The summed E-state index contributed by atoms with van der Waals surface area (Å²) in [5.41, 5.74) is 3.68. The Balaban J connectivity index is 2.61. The maximum atomic E-state index is 11.2. The zero-order chi connectivity index (χ0) is 13.0. The van der Waals surface area contributed by atoms with Gasteiger partial charge in [-0.2, -0.15) is 0 Å². The van der Waals surface area contributed by atoms with Gasteiger partial charge >= 0.3 is 0 Å². The van der Waals surface area contributed by atoms with Crippen LogP contribution < -0.4 is 5.32 Å². The van der Waals surface area contributed by atoms with E-state index in [1.807, 2.05) is 19.1 Å². The molecule has 0 aliphatic carbocycles. The van der Waals surface area contributed by atoms with Crippen LogP contribution in [0.1, 0.15) is 23.6 Å². The van der Waals surface area contributed by atoms with Crippen molar-refractivity contribution in [2.75, 3.05) is 12.8 Å². The van der Waals surface area contributed by atoms with E-state index in [0.29, 0.717) is 0 Å². The normalized spacial score (nSPS) is 14.6. The molecule has 0 fully saturated rings. The van der Waals surface area contributed by atoms with Gasteiger partial charge in [-0.05, 0) is 49.6 Å². The van der Waals surface area contributed by atoms with Gasteiger partial charge < -0.3 is 5.32 Å². The van der Waals surface area contributed by atoms with Crippen LogP contribution in [-0.4, -0.2) is 22.3 Å². The van der Waals surface area contributed by atoms with Gasteiger partial charge in [-0.1, -0.05) is 11.6 Å². The van der Waals surface area contributed by atoms with E-state index in [1.54, 1.807) is 6.26 Å². The molecule has 2 nitrogen and oxygen atoms in total. The number of benzene rings is 1. The molecule has 0 saturated carbocycles. The van der Waals surface area contributed by atoms with Crippen LogP contribution in [0, 0.1) is 13.8 Å². The summed E-state index contributed by atoms with van der Waals surface area (Å²) in [6.45, 7) is 7.69. The maximum Gasteiger partial charge on any atom is 0.0441 e. The zero-order valence-electron chi connectivity index (χ0n) is 10.8. The fourth-order valence-corrected chi connectivity index (χ4v) is 2.42. The van der Waals surface area contributed by atoms with E-state index in [9.17, 15) is 4.21 Å². The van der Waals surface area contributed by atoms with Crippen molar-refractivity contribution in [2.24, 2.45) is 0 Å². The van der Waals surface area contributed by atoms with Gasteiger partial charge in [-0.3, -0.25) is 4.21 Å². The van der Waals surface area contributed by atoms with Crippen LogP contribution >= 0.6 is 11.6 Å². The predicted octanol–water partition coefficient (Wildman–Crippen LogP) is 2.81. The fraction of sp³-hybridized carbons (Fsp3) is 0.538. The van der Waals surface area contributed by atoms with Crippen LogP contribution in [0.4, 0.5) is 0 Å². The van der Waals surface area contributed by atoms with E-state index < -0.39 is 10.8 Å². The number of hydrogen-bond acceptors (Lipinski definition) is 2. The molecule has 2 atom stereocenters. The van der Waals surface area contributed by atoms with Crippen LogP contribution in [0.5, 0.6) is 0 Å². The minimum Gasteiger partial charge on any atom is -0.311 e. The van der Waals surface area contributed by atoms with Gasteiger partial charge in [0, 0.05) is 40.4 Å². The summed E-state index contributed by atoms with van der Waals surface area (Å²) in [4.78, 5) is 0. The first-order valence-electron chi connectivity index (χ1n) is 5.70. The monoisotopic (exact) mass is 273 g/mol. The second kappa shape index (κ2) is 6.53. The third-order valence-corrected chi connectivity index (χ3v) is 4.48. The van der Waals surface area contributed by atoms with Crippen LogP contribution in [0.2, 0.25) is 5.02 Å². The highest BCUT2D eigenvalue weighted by Gasteiger charge is 2.07. The van der Waals surface area contributed by atoms with E-state index in [4.69, 9.17) is 11.6 Å². The highest BCUT2D eigenvalue weighted by atomic mass is 35.5. The van der Waals surface area contributed by atoms with Gasteiger partial charge in [0.2, 0.25) is 0 Å². The second-order valence-electron chi connectivity index (χ2n) is 4.46. The van der Waals surface area contributed by atoms with Crippen molar-refractivity contribution >= 4 is 22.4 Å². The quantitative estimate of drug-likeness (QED) is 0.894. The molecule has 0 saturated heterocycles. The summed E-state index contributed by atoms with van der Waals surface area (Å²) < 4.78 is 11.2. The summed E-state index contributed by atoms with van der Waals surface area (Å²) in [6, 6.07) is 3.96. The molecule has 0 spiro atoms. The lowest BCUT2D eigenvalue weighted by Crippen LogP contribution is -2.27. The van der Waals surface area contributed by atoms with Crippen molar-refractivity contribution in [2.45, 2.75) is 32.6 Å². The van der Waals surface area contributed by atoms with E-state index >= 15 is 0 Å². The van der Waals surface area contributed by atoms with E-state index in [2.05, 4.69) is 19.2 Å². The summed E-state index contributed by atoms with van der Waals surface area (Å²) in [5, 5.41) is 4.32. The Kier molecular flexibility index (Phi) is 5.63. The zero-order valence-corrected chi connectivity index (χ0v) is 12.4. The average molecular weight is 274 g/mol. The van der Waals surface area contributed by atoms with Gasteiger partial charge in [0.15, 0.2) is 0 Å². The maximum absolute atomic E-state index is 11.2. The lowest BCUT2D eigenvalue weighted by atomic mass is 10.0. The van der Waals surface area contributed by atoms with Crippen LogP contribution in [-0.2, 0) is 17.3 Å². The fourth-order valence-electron chi connectivity index (χ4n) is 1.74. The lowest BCUT2D eigenvalue weighted by molar-refractivity contribution is 0.645. The van der Waals surface area contributed by atoms with Crippen LogP contribution in [0.3, 0.4) is 0 Å². The van der Waals surface area contributed by atoms with E-state index in [0.717, 1.165) is 18.1 Å². The Morgan fingerprint density at radius 1 is 1.35 bits per heavy atom. The Morgan fingerprint density at radius 2 is 1.88 bits per heavy atom. The molecule has 0 bridgehead atoms. The second-order valence-corrected chi connectivity index (χ2v) is 6.70. The van der Waals surface area contributed by atoms with Crippen molar-refractivity contribution in [1.82, 2.24) is 5.32 Å². The molecule has 0 aliphatic heterocycles. The van der Waals surface area contributed by atoms with Crippen molar-refractivity contribution in [1.29, 1.82) is 0 Å².